The monoisotopic (exact) mass is 389 g/mol. The number of nitrogens with zero attached hydrogens (tertiary/aromatic N) is 2. The first-order valence-electron chi connectivity index (χ1n) is 10.7. The molecule has 3 nitrogen and oxygen atoms in total. The molecule has 1 fully saturated rings. The SMILES string of the molecule is C=C/C(C)=C(\C=C1/CC(C(=C)C)=CN1c1cc(NC)c(C)cc1CC)N1CCC1. The summed E-state index contributed by atoms with van der Waals surface area (Å²) in [6.45, 7) is 19.1. The number of nitrogens with one attached hydrogen (secondary N) is 1. The Hall–Kier alpha value is -2.68. The van der Waals surface area contributed by atoms with E-state index in [1.165, 1.54) is 51.5 Å². The highest BCUT2D eigenvalue weighted by molar-refractivity contribution is 5.72. The maximum absolute atomic E-state index is 4.21. The molecule has 0 unspecified atom stereocenters. The molecule has 2 heterocycles. The Bertz CT molecular complexity index is 910. The molecule has 2 aliphatic heterocycles. The molecule has 0 saturated carbocycles. The zero-order chi connectivity index (χ0) is 21.1. The Morgan fingerprint density at radius 2 is 1.97 bits per heavy atom. The van der Waals surface area contributed by atoms with Crippen LogP contribution in [-0.2, 0) is 6.42 Å². The van der Waals surface area contributed by atoms with Gasteiger partial charge in [0, 0.05) is 49.8 Å². The van der Waals surface area contributed by atoms with E-state index in [9.17, 15) is 0 Å². The fourth-order valence-corrected chi connectivity index (χ4v) is 3.98. The highest BCUT2D eigenvalue weighted by atomic mass is 15.2. The van der Waals surface area contributed by atoms with Crippen molar-refractivity contribution >= 4 is 11.4 Å². The Morgan fingerprint density at radius 1 is 1.24 bits per heavy atom. The van der Waals surface area contributed by atoms with Crippen molar-refractivity contribution in [1.82, 2.24) is 4.90 Å². The van der Waals surface area contributed by atoms with E-state index >= 15 is 0 Å². The van der Waals surface area contributed by atoms with Gasteiger partial charge in [-0.1, -0.05) is 37.8 Å². The molecule has 2 aliphatic rings. The molecule has 0 radical (unpaired) electrons. The van der Waals surface area contributed by atoms with Crippen molar-refractivity contribution in [2.75, 3.05) is 30.4 Å². The molecule has 1 saturated heterocycles. The molecular formula is C26H35N3. The van der Waals surface area contributed by atoms with Crippen molar-refractivity contribution in [2.45, 2.75) is 47.0 Å². The molecule has 1 aromatic carbocycles. The molecule has 29 heavy (non-hydrogen) atoms. The van der Waals surface area contributed by atoms with Crippen LogP contribution in [-0.4, -0.2) is 25.0 Å². The van der Waals surface area contributed by atoms with Crippen LogP contribution in [0.2, 0.25) is 0 Å². The molecule has 3 rings (SSSR count). The van der Waals surface area contributed by atoms with Gasteiger partial charge in [-0.25, -0.2) is 0 Å². The van der Waals surface area contributed by atoms with Crippen molar-refractivity contribution in [2.24, 2.45) is 0 Å². The van der Waals surface area contributed by atoms with Crippen molar-refractivity contribution in [1.29, 1.82) is 0 Å². The molecule has 3 heteroatoms. The average Bonchev–Trinajstić information content (AvgIpc) is 3.09. The fraction of sp³-hybridized carbons (Fsp3) is 0.385. The lowest BCUT2D eigenvalue weighted by molar-refractivity contribution is 0.244. The van der Waals surface area contributed by atoms with E-state index in [0.717, 1.165) is 31.5 Å². The topological polar surface area (TPSA) is 18.5 Å². The third-order valence-corrected chi connectivity index (χ3v) is 6.06. The van der Waals surface area contributed by atoms with E-state index < -0.39 is 0 Å². The first kappa shape index (κ1) is 21.0. The summed E-state index contributed by atoms with van der Waals surface area (Å²) in [5, 5.41) is 3.35. The van der Waals surface area contributed by atoms with Gasteiger partial charge >= 0.3 is 0 Å². The van der Waals surface area contributed by atoms with Crippen LogP contribution in [0, 0.1) is 6.92 Å². The van der Waals surface area contributed by atoms with E-state index in [0.29, 0.717) is 0 Å². The van der Waals surface area contributed by atoms with E-state index in [-0.39, 0.29) is 0 Å². The maximum atomic E-state index is 4.21. The fourth-order valence-electron chi connectivity index (χ4n) is 3.98. The molecule has 154 valence electrons. The van der Waals surface area contributed by atoms with E-state index in [2.05, 4.69) is 80.4 Å². The second-order valence-electron chi connectivity index (χ2n) is 8.13. The van der Waals surface area contributed by atoms with Crippen LogP contribution >= 0.6 is 0 Å². The van der Waals surface area contributed by atoms with Crippen molar-refractivity contribution in [3.05, 3.63) is 82.9 Å². The van der Waals surface area contributed by atoms with Gasteiger partial charge in [-0.3, -0.25) is 0 Å². The number of rotatable bonds is 7. The van der Waals surface area contributed by atoms with Crippen molar-refractivity contribution < 1.29 is 0 Å². The molecule has 1 N–H and O–H groups in total. The normalized spacial score (nSPS) is 18.4. The minimum atomic E-state index is 0.906. The van der Waals surface area contributed by atoms with Gasteiger partial charge in [-0.15, -0.1) is 0 Å². The molecular weight excluding hydrogens is 354 g/mol. The predicted octanol–water partition coefficient (Wildman–Crippen LogP) is 6.32. The quantitative estimate of drug-likeness (QED) is 0.551. The highest BCUT2D eigenvalue weighted by Gasteiger charge is 2.25. The predicted molar refractivity (Wildman–Crippen MR) is 127 cm³/mol. The van der Waals surface area contributed by atoms with Gasteiger partial charge in [-0.05, 0) is 68.0 Å². The molecule has 0 aliphatic carbocycles. The van der Waals surface area contributed by atoms with Crippen LogP contribution in [0.25, 0.3) is 0 Å². The van der Waals surface area contributed by atoms with E-state index in [4.69, 9.17) is 0 Å². The second-order valence-corrected chi connectivity index (χ2v) is 8.13. The van der Waals surface area contributed by atoms with Gasteiger partial charge < -0.3 is 15.1 Å². The third-order valence-electron chi connectivity index (χ3n) is 6.06. The number of hydrogen-bond donors (Lipinski definition) is 1. The van der Waals surface area contributed by atoms with E-state index in [1.54, 1.807) is 0 Å². The number of likely N-dealkylation sites (tertiary alicyclic amines) is 1. The zero-order valence-electron chi connectivity index (χ0n) is 18.7. The zero-order valence-corrected chi connectivity index (χ0v) is 18.7. The molecule has 0 spiro atoms. The van der Waals surface area contributed by atoms with Crippen LogP contribution < -0.4 is 10.2 Å². The largest absolute Gasteiger partial charge is 0.388 e. The number of allylic oxidation sites excluding steroid dienone is 5. The second kappa shape index (κ2) is 8.77. The number of benzene rings is 1. The van der Waals surface area contributed by atoms with Crippen molar-refractivity contribution in [3.63, 3.8) is 0 Å². The van der Waals surface area contributed by atoms with Crippen molar-refractivity contribution in [3.8, 4) is 0 Å². The van der Waals surface area contributed by atoms with Crippen LogP contribution in [0.4, 0.5) is 11.4 Å². The summed E-state index contributed by atoms with van der Waals surface area (Å²) in [6.07, 6.45) is 9.78. The number of anilines is 2. The summed E-state index contributed by atoms with van der Waals surface area (Å²) in [7, 11) is 1.99. The Kier molecular flexibility index (Phi) is 6.36. The summed E-state index contributed by atoms with van der Waals surface area (Å²) in [5.74, 6) is 0. The summed E-state index contributed by atoms with van der Waals surface area (Å²) in [5.41, 5.74) is 11.3. The van der Waals surface area contributed by atoms with Gasteiger partial charge in [0.05, 0.1) is 5.69 Å². The lowest BCUT2D eigenvalue weighted by Gasteiger charge is -2.36. The summed E-state index contributed by atoms with van der Waals surface area (Å²) < 4.78 is 0. The smallest absolute Gasteiger partial charge is 0.0505 e. The standard InChI is InChI=1S/C26H35N3/c1-8-19(5)25(28-11-10-12-28)15-23-14-22(18(3)4)17-29(23)26-16-24(27-7)20(6)13-21(26)9-2/h8,13,15-17,27H,1,3,9-12,14H2,2,4-7H3/b23-15+,25-19+. The Balaban J connectivity index is 2.13. The molecule has 0 amide bonds. The Labute approximate surface area is 176 Å². The summed E-state index contributed by atoms with van der Waals surface area (Å²) in [6, 6.07) is 4.60. The summed E-state index contributed by atoms with van der Waals surface area (Å²) >= 11 is 0. The average molecular weight is 390 g/mol. The lowest BCUT2D eigenvalue weighted by Crippen LogP contribution is -2.36. The summed E-state index contributed by atoms with van der Waals surface area (Å²) in [4.78, 5) is 4.83. The maximum Gasteiger partial charge on any atom is 0.0505 e. The van der Waals surface area contributed by atoms with Crippen LogP contribution in [0.5, 0.6) is 0 Å². The van der Waals surface area contributed by atoms with Gasteiger partial charge in [0.1, 0.15) is 0 Å². The van der Waals surface area contributed by atoms with Gasteiger partial charge in [0.2, 0.25) is 0 Å². The third kappa shape index (κ3) is 4.19. The lowest BCUT2D eigenvalue weighted by atomic mass is 10.0. The van der Waals surface area contributed by atoms with Gasteiger partial charge in [0.15, 0.2) is 0 Å². The van der Waals surface area contributed by atoms with Gasteiger partial charge in [-0.2, -0.15) is 0 Å². The molecule has 0 aromatic heterocycles. The van der Waals surface area contributed by atoms with Crippen LogP contribution in [0.1, 0.15) is 44.7 Å². The minimum absolute atomic E-state index is 0.906. The molecule has 1 aromatic rings. The number of hydrogen-bond acceptors (Lipinski definition) is 3. The molecule has 0 bridgehead atoms. The van der Waals surface area contributed by atoms with E-state index in [1.807, 2.05) is 13.1 Å². The first-order chi connectivity index (χ1) is 13.9. The Morgan fingerprint density at radius 3 is 2.48 bits per heavy atom. The van der Waals surface area contributed by atoms with Crippen LogP contribution in [0.3, 0.4) is 0 Å². The molecule has 0 atom stereocenters. The minimum Gasteiger partial charge on any atom is -0.388 e. The number of aryl methyl sites for hydroxylation is 2. The first-order valence-corrected chi connectivity index (χ1v) is 10.7. The highest BCUT2D eigenvalue weighted by Crippen LogP contribution is 2.39. The van der Waals surface area contributed by atoms with Gasteiger partial charge in [0.25, 0.3) is 0 Å². The van der Waals surface area contributed by atoms with Crippen LogP contribution in [0.15, 0.2) is 71.8 Å².